The fourth-order valence-corrected chi connectivity index (χ4v) is 1.59. The van der Waals surface area contributed by atoms with Gasteiger partial charge in [-0.25, -0.2) is 9.97 Å². The maximum Gasteiger partial charge on any atom is 0.225 e. The van der Waals surface area contributed by atoms with Crippen molar-refractivity contribution in [2.45, 2.75) is 5.03 Å². The fourth-order valence-electron chi connectivity index (χ4n) is 0.771. The Morgan fingerprint density at radius 2 is 2.31 bits per heavy atom. The highest BCUT2D eigenvalue weighted by Gasteiger charge is 2.00. The quantitative estimate of drug-likeness (QED) is 0.438. The van der Waals surface area contributed by atoms with Gasteiger partial charge >= 0.3 is 0 Å². The number of rotatable bonds is 4. The molecule has 0 aliphatic rings. The molecular weight excluding hydrogens is 206 g/mol. The highest BCUT2D eigenvalue weighted by Crippen LogP contribution is 2.16. The number of halogens is 1. The first-order valence-electron chi connectivity index (χ1n) is 3.93. The van der Waals surface area contributed by atoms with Crippen LogP contribution in [0, 0.1) is 0 Å². The van der Waals surface area contributed by atoms with E-state index < -0.39 is 0 Å². The minimum atomic E-state index is 0.645. The summed E-state index contributed by atoms with van der Waals surface area (Å²) in [6.07, 6.45) is 1.76. The monoisotopic (exact) mass is 217 g/mol. The third-order valence-electron chi connectivity index (χ3n) is 1.34. The molecule has 5 heteroatoms. The molecule has 1 rings (SSSR count). The minimum absolute atomic E-state index is 0.645. The molecule has 3 nitrogen and oxygen atoms in total. The van der Waals surface area contributed by atoms with Gasteiger partial charge in [-0.1, -0.05) is 0 Å². The summed E-state index contributed by atoms with van der Waals surface area (Å²) in [6.45, 7) is 0. The van der Waals surface area contributed by atoms with E-state index in [1.165, 1.54) is 0 Å². The summed E-state index contributed by atoms with van der Waals surface area (Å²) in [5.74, 6) is 2.26. The Bertz CT molecular complexity index is 267. The van der Waals surface area contributed by atoms with E-state index in [1.807, 2.05) is 25.1 Å². The predicted molar refractivity (Wildman–Crippen MR) is 57.8 cm³/mol. The predicted octanol–water partition coefficient (Wildman–Crippen LogP) is 1.87. The van der Waals surface area contributed by atoms with E-state index in [0.29, 0.717) is 5.88 Å². The Morgan fingerprint density at radius 3 is 2.92 bits per heavy atom. The second-order valence-corrected chi connectivity index (χ2v) is 4.12. The van der Waals surface area contributed by atoms with Crippen LogP contribution in [0.1, 0.15) is 0 Å². The van der Waals surface area contributed by atoms with Gasteiger partial charge in [0.1, 0.15) is 5.03 Å². The van der Waals surface area contributed by atoms with Gasteiger partial charge in [0.15, 0.2) is 0 Å². The molecule has 0 unspecified atom stereocenters. The third kappa shape index (κ3) is 3.40. The second kappa shape index (κ2) is 5.29. The molecule has 0 fully saturated rings. The SMILES string of the molecule is CN(C)c1nccc(SCCCl)n1. The van der Waals surface area contributed by atoms with E-state index in [-0.39, 0.29) is 0 Å². The lowest BCUT2D eigenvalue weighted by atomic mass is 10.6. The van der Waals surface area contributed by atoms with Gasteiger partial charge in [-0.3, -0.25) is 0 Å². The summed E-state index contributed by atoms with van der Waals surface area (Å²) < 4.78 is 0. The van der Waals surface area contributed by atoms with Crippen molar-refractivity contribution in [2.75, 3.05) is 30.6 Å². The van der Waals surface area contributed by atoms with Crippen LogP contribution in [0.5, 0.6) is 0 Å². The molecule has 0 bridgehead atoms. The van der Waals surface area contributed by atoms with Gasteiger partial charge in [0.05, 0.1) is 0 Å². The van der Waals surface area contributed by atoms with Crippen molar-refractivity contribution in [3.8, 4) is 0 Å². The zero-order valence-electron chi connectivity index (χ0n) is 7.70. The lowest BCUT2D eigenvalue weighted by Gasteiger charge is -2.09. The molecule has 13 heavy (non-hydrogen) atoms. The number of thioether (sulfide) groups is 1. The van der Waals surface area contributed by atoms with Crippen LogP contribution in [-0.4, -0.2) is 35.7 Å². The van der Waals surface area contributed by atoms with Crippen LogP contribution < -0.4 is 4.90 Å². The van der Waals surface area contributed by atoms with Crippen LogP contribution in [-0.2, 0) is 0 Å². The number of hydrogen-bond acceptors (Lipinski definition) is 4. The van der Waals surface area contributed by atoms with Crippen LogP contribution in [0.2, 0.25) is 0 Å². The van der Waals surface area contributed by atoms with E-state index in [9.17, 15) is 0 Å². The van der Waals surface area contributed by atoms with Gasteiger partial charge in [0.2, 0.25) is 5.95 Å². The first-order valence-corrected chi connectivity index (χ1v) is 5.45. The summed E-state index contributed by atoms with van der Waals surface area (Å²) in [4.78, 5) is 10.3. The second-order valence-electron chi connectivity index (χ2n) is 2.63. The smallest absolute Gasteiger partial charge is 0.225 e. The Hall–Kier alpha value is -0.480. The normalized spacial score (nSPS) is 10.1. The molecule has 0 amide bonds. The minimum Gasteiger partial charge on any atom is -0.347 e. The van der Waals surface area contributed by atoms with Crippen LogP contribution in [0.25, 0.3) is 0 Å². The summed E-state index contributed by atoms with van der Waals surface area (Å²) in [6, 6.07) is 1.89. The van der Waals surface area contributed by atoms with E-state index in [0.717, 1.165) is 16.7 Å². The molecule has 0 spiro atoms. The van der Waals surface area contributed by atoms with Crippen molar-refractivity contribution in [1.29, 1.82) is 0 Å². The van der Waals surface area contributed by atoms with Crippen LogP contribution in [0.15, 0.2) is 17.3 Å². The molecule has 1 aromatic rings. The maximum absolute atomic E-state index is 5.58. The topological polar surface area (TPSA) is 29.0 Å². The van der Waals surface area contributed by atoms with E-state index >= 15 is 0 Å². The molecular formula is C8H12ClN3S. The molecule has 0 aromatic carbocycles. The highest BCUT2D eigenvalue weighted by atomic mass is 35.5. The number of hydrogen-bond donors (Lipinski definition) is 0. The molecule has 0 aliphatic heterocycles. The van der Waals surface area contributed by atoms with Gasteiger partial charge in [-0.05, 0) is 6.07 Å². The summed E-state index contributed by atoms with van der Waals surface area (Å²) in [5.41, 5.74) is 0. The largest absolute Gasteiger partial charge is 0.347 e. The Balaban J connectivity index is 2.68. The standard InChI is InChI=1S/C8H12ClN3S/c1-12(2)8-10-5-3-7(11-8)13-6-4-9/h3,5H,4,6H2,1-2H3. The Morgan fingerprint density at radius 1 is 1.54 bits per heavy atom. The number of anilines is 1. The van der Waals surface area contributed by atoms with Crippen molar-refractivity contribution in [1.82, 2.24) is 9.97 Å². The van der Waals surface area contributed by atoms with Crippen molar-refractivity contribution >= 4 is 29.3 Å². The molecule has 0 saturated heterocycles. The molecule has 0 N–H and O–H groups in total. The van der Waals surface area contributed by atoms with Crippen molar-refractivity contribution in [3.63, 3.8) is 0 Å². The Labute approximate surface area is 87.5 Å². The lowest BCUT2D eigenvalue weighted by molar-refractivity contribution is 0.950. The highest BCUT2D eigenvalue weighted by molar-refractivity contribution is 7.99. The van der Waals surface area contributed by atoms with E-state index in [2.05, 4.69) is 9.97 Å². The maximum atomic E-state index is 5.58. The van der Waals surface area contributed by atoms with E-state index in [4.69, 9.17) is 11.6 Å². The van der Waals surface area contributed by atoms with Gasteiger partial charge in [0.25, 0.3) is 0 Å². The molecule has 0 atom stereocenters. The van der Waals surface area contributed by atoms with Crippen LogP contribution >= 0.6 is 23.4 Å². The van der Waals surface area contributed by atoms with Crippen LogP contribution in [0.4, 0.5) is 5.95 Å². The Kier molecular flexibility index (Phi) is 4.32. The molecule has 0 aliphatic carbocycles. The number of aromatic nitrogens is 2. The number of nitrogens with zero attached hydrogens (tertiary/aromatic N) is 3. The summed E-state index contributed by atoms with van der Waals surface area (Å²) in [5, 5.41) is 0.972. The van der Waals surface area contributed by atoms with E-state index in [1.54, 1.807) is 18.0 Å². The van der Waals surface area contributed by atoms with Gasteiger partial charge < -0.3 is 4.90 Å². The number of alkyl halides is 1. The summed E-state index contributed by atoms with van der Waals surface area (Å²) in [7, 11) is 3.84. The molecule has 0 radical (unpaired) electrons. The zero-order chi connectivity index (χ0) is 9.68. The van der Waals surface area contributed by atoms with Crippen LogP contribution in [0.3, 0.4) is 0 Å². The van der Waals surface area contributed by atoms with Gasteiger partial charge in [-0.15, -0.1) is 23.4 Å². The van der Waals surface area contributed by atoms with Crippen molar-refractivity contribution in [2.24, 2.45) is 0 Å². The van der Waals surface area contributed by atoms with Crippen molar-refractivity contribution < 1.29 is 0 Å². The molecule has 72 valence electrons. The summed E-state index contributed by atoms with van der Waals surface area (Å²) >= 11 is 7.22. The molecule has 1 aromatic heterocycles. The lowest BCUT2D eigenvalue weighted by Crippen LogP contribution is -2.12. The molecule has 1 heterocycles. The average Bonchev–Trinajstić information content (AvgIpc) is 2.15. The van der Waals surface area contributed by atoms with Crippen molar-refractivity contribution in [3.05, 3.63) is 12.3 Å². The van der Waals surface area contributed by atoms with Gasteiger partial charge in [-0.2, -0.15) is 0 Å². The third-order valence-corrected chi connectivity index (χ3v) is 2.69. The first-order chi connectivity index (χ1) is 6.24. The average molecular weight is 218 g/mol. The fraction of sp³-hybridized carbons (Fsp3) is 0.500. The zero-order valence-corrected chi connectivity index (χ0v) is 9.27. The first kappa shape index (κ1) is 10.6. The van der Waals surface area contributed by atoms with Gasteiger partial charge in [0, 0.05) is 31.9 Å². The molecule has 0 saturated carbocycles.